The highest BCUT2D eigenvalue weighted by atomic mass is 16.3. The molecular formula is C15H22N4O2. The maximum atomic E-state index is 12.2. The van der Waals surface area contributed by atoms with Crippen LogP contribution >= 0.6 is 0 Å². The van der Waals surface area contributed by atoms with E-state index in [2.05, 4.69) is 15.5 Å². The summed E-state index contributed by atoms with van der Waals surface area (Å²) in [6.07, 6.45) is 1.23. The van der Waals surface area contributed by atoms with Crippen molar-refractivity contribution in [2.24, 2.45) is 5.92 Å². The molecule has 1 atom stereocenters. The van der Waals surface area contributed by atoms with Crippen molar-refractivity contribution in [2.75, 3.05) is 12.3 Å². The van der Waals surface area contributed by atoms with Crippen molar-refractivity contribution in [1.29, 1.82) is 0 Å². The molecule has 0 saturated carbocycles. The lowest BCUT2D eigenvalue weighted by Crippen LogP contribution is -2.36. The van der Waals surface area contributed by atoms with Crippen LogP contribution in [0.5, 0.6) is 0 Å². The van der Waals surface area contributed by atoms with Crippen LogP contribution in [0.4, 0.5) is 5.69 Å². The average molecular weight is 290 g/mol. The van der Waals surface area contributed by atoms with Gasteiger partial charge in [0.1, 0.15) is 0 Å². The minimum atomic E-state index is -0.542. The summed E-state index contributed by atoms with van der Waals surface area (Å²) < 4.78 is 0. The van der Waals surface area contributed by atoms with E-state index < -0.39 is 6.10 Å². The summed E-state index contributed by atoms with van der Waals surface area (Å²) >= 11 is 0. The number of nitrogens with one attached hydrogen (secondary N) is 2. The molecule has 6 nitrogen and oxygen atoms in total. The molecule has 1 heterocycles. The number of hydrogen-bond donors (Lipinski definition) is 4. The van der Waals surface area contributed by atoms with Crippen molar-refractivity contribution < 1.29 is 9.90 Å². The van der Waals surface area contributed by atoms with Gasteiger partial charge >= 0.3 is 0 Å². The number of aliphatic hydroxyl groups excluding tert-OH is 1. The lowest BCUT2D eigenvalue weighted by Gasteiger charge is -2.20. The fourth-order valence-corrected chi connectivity index (χ4v) is 2.49. The van der Waals surface area contributed by atoms with Crippen LogP contribution in [0.15, 0.2) is 18.2 Å². The lowest BCUT2D eigenvalue weighted by atomic mass is 9.96. The van der Waals surface area contributed by atoms with Gasteiger partial charge < -0.3 is 16.2 Å². The molecular weight excluding hydrogens is 268 g/mol. The number of rotatable bonds is 6. The number of amides is 1. The van der Waals surface area contributed by atoms with Crippen LogP contribution in [0.3, 0.4) is 0 Å². The number of aliphatic hydroxyl groups is 1. The highest BCUT2D eigenvalue weighted by Crippen LogP contribution is 2.19. The fraction of sp³-hybridized carbons (Fsp3) is 0.467. The number of H-pyrrole nitrogens is 1. The van der Waals surface area contributed by atoms with Gasteiger partial charge in [-0.3, -0.25) is 9.89 Å². The number of nitrogen functional groups attached to an aromatic ring is 1. The van der Waals surface area contributed by atoms with E-state index in [0.717, 1.165) is 18.4 Å². The third-order valence-electron chi connectivity index (χ3n) is 3.87. The van der Waals surface area contributed by atoms with E-state index in [1.54, 1.807) is 18.2 Å². The second-order valence-corrected chi connectivity index (χ2v) is 5.23. The number of aromatic nitrogens is 2. The molecule has 114 valence electrons. The van der Waals surface area contributed by atoms with E-state index in [9.17, 15) is 9.90 Å². The predicted octanol–water partition coefficient (Wildman–Crippen LogP) is 1.67. The highest BCUT2D eigenvalue weighted by Gasteiger charge is 2.19. The predicted molar refractivity (Wildman–Crippen MR) is 82.9 cm³/mol. The maximum Gasteiger partial charge on any atom is 0.272 e. The second kappa shape index (κ2) is 6.58. The summed E-state index contributed by atoms with van der Waals surface area (Å²) in [4.78, 5) is 12.2. The van der Waals surface area contributed by atoms with Gasteiger partial charge in [-0.15, -0.1) is 0 Å². The molecule has 1 aromatic heterocycles. The Morgan fingerprint density at radius 3 is 2.81 bits per heavy atom. The Morgan fingerprint density at radius 1 is 1.43 bits per heavy atom. The first-order valence-corrected chi connectivity index (χ1v) is 7.26. The fourth-order valence-electron chi connectivity index (χ4n) is 2.49. The molecule has 0 radical (unpaired) electrons. The zero-order chi connectivity index (χ0) is 15.4. The summed E-state index contributed by atoms with van der Waals surface area (Å²) in [6.45, 7) is 4.29. The van der Waals surface area contributed by atoms with Gasteiger partial charge in [-0.25, -0.2) is 0 Å². The third-order valence-corrected chi connectivity index (χ3v) is 3.87. The molecule has 1 unspecified atom stereocenters. The molecule has 0 bridgehead atoms. The largest absolute Gasteiger partial charge is 0.399 e. The number of carbonyl (C=O) groups is 1. The molecule has 2 rings (SSSR count). The van der Waals surface area contributed by atoms with Crippen LogP contribution in [-0.2, 0) is 0 Å². The molecule has 0 aliphatic heterocycles. The SMILES string of the molecule is CCC(CC)C(O)CNC(=O)c1n[nH]c2ccc(N)cc12. The number of aromatic amines is 1. The zero-order valence-electron chi connectivity index (χ0n) is 12.4. The lowest BCUT2D eigenvalue weighted by molar-refractivity contribution is 0.0814. The summed E-state index contributed by atoms with van der Waals surface area (Å²) in [6, 6.07) is 5.25. The monoisotopic (exact) mass is 290 g/mol. The van der Waals surface area contributed by atoms with Gasteiger partial charge in [0.05, 0.1) is 11.6 Å². The van der Waals surface area contributed by atoms with Gasteiger partial charge in [-0.05, 0) is 24.1 Å². The van der Waals surface area contributed by atoms with E-state index in [4.69, 9.17) is 5.73 Å². The van der Waals surface area contributed by atoms with Crippen molar-refractivity contribution in [3.8, 4) is 0 Å². The number of carbonyl (C=O) groups excluding carboxylic acids is 1. The molecule has 0 aliphatic carbocycles. The minimum Gasteiger partial charge on any atom is -0.399 e. The van der Waals surface area contributed by atoms with Crippen LogP contribution in [0.2, 0.25) is 0 Å². The average Bonchev–Trinajstić information content (AvgIpc) is 2.89. The first kappa shape index (κ1) is 15.3. The Balaban J connectivity index is 2.07. The molecule has 0 saturated heterocycles. The van der Waals surface area contributed by atoms with Crippen molar-refractivity contribution >= 4 is 22.5 Å². The molecule has 1 amide bonds. The zero-order valence-corrected chi connectivity index (χ0v) is 12.4. The van der Waals surface area contributed by atoms with Gasteiger partial charge in [0.25, 0.3) is 5.91 Å². The molecule has 2 aromatic rings. The summed E-state index contributed by atoms with van der Waals surface area (Å²) in [5, 5.41) is 20.3. The first-order valence-electron chi connectivity index (χ1n) is 7.26. The second-order valence-electron chi connectivity index (χ2n) is 5.23. The standard InChI is InChI=1S/C15H22N4O2/c1-3-9(4-2)13(20)8-17-15(21)14-11-7-10(16)5-6-12(11)18-19-14/h5-7,9,13,20H,3-4,8,16H2,1-2H3,(H,17,21)(H,18,19). The Hall–Kier alpha value is -2.08. The Bertz CT molecular complexity index is 619. The minimum absolute atomic E-state index is 0.192. The van der Waals surface area contributed by atoms with Crippen LogP contribution < -0.4 is 11.1 Å². The molecule has 0 spiro atoms. The van der Waals surface area contributed by atoms with Crippen molar-refractivity contribution in [3.63, 3.8) is 0 Å². The Labute approximate surface area is 123 Å². The van der Waals surface area contributed by atoms with Gasteiger partial charge in [-0.1, -0.05) is 26.7 Å². The summed E-state index contributed by atoms with van der Waals surface area (Å²) in [7, 11) is 0. The number of nitrogens with zero attached hydrogens (tertiary/aromatic N) is 1. The van der Waals surface area contributed by atoms with Crippen LogP contribution in [0.1, 0.15) is 37.2 Å². The van der Waals surface area contributed by atoms with Gasteiger partial charge in [-0.2, -0.15) is 5.10 Å². The molecule has 1 aromatic carbocycles. The van der Waals surface area contributed by atoms with Crippen LogP contribution in [0, 0.1) is 5.92 Å². The summed E-state index contributed by atoms with van der Waals surface area (Å²) in [5.74, 6) is -0.117. The van der Waals surface area contributed by atoms with Gasteiger partial charge in [0.2, 0.25) is 0 Å². The van der Waals surface area contributed by atoms with Gasteiger partial charge in [0, 0.05) is 17.6 Å². The van der Waals surface area contributed by atoms with Crippen molar-refractivity contribution in [2.45, 2.75) is 32.8 Å². The number of nitrogens with two attached hydrogens (primary N) is 1. The molecule has 6 heteroatoms. The molecule has 5 N–H and O–H groups in total. The first-order chi connectivity index (χ1) is 10.1. The number of fused-ring (bicyclic) bond motifs is 1. The Kier molecular flexibility index (Phi) is 4.80. The van der Waals surface area contributed by atoms with Crippen LogP contribution in [0.25, 0.3) is 10.9 Å². The smallest absolute Gasteiger partial charge is 0.272 e. The normalized spacial score (nSPS) is 12.8. The highest BCUT2D eigenvalue weighted by molar-refractivity contribution is 6.05. The topological polar surface area (TPSA) is 104 Å². The quantitative estimate of drug-likeness (QED) is 0.607. The number of anilines is 1. The maximum absolute atomic E-state index is 12.2. The molecule has 0 fully saturated rings. The number of benzene rings is 1. The van der Waals surface area contributed by atoms with E-state index in [-0.39, 0.29) is 18.4 Å². The molecule has 21 heavy (non-hydrogen) atoms. The van der Waals surface area contributed by atoms with E-state index in [0.29, 0.717) is 16.8 Å². The van der Waals surface area contributed by atoms with E-state index in [1.807, 2.05) is 13.8 Å². The summed E-state index contributed by atoms with van der Waals surface area (Å²) in [5.41, 5.74) is 7.37. The number of hydrogen-bond acceptors (Lipinski definition) is 4. The van der Waals surface area contributed by atoms with Crippen LogP contribution in [-0.4, -0.2) is 33.9 Å². The van der Waals surface area contributed by atoms with E-state index in [1.165, 1.54) is 0 Å². The third kappa shape index (κ3) is 3.33. The Morgan fingerprint density at radius 2 is 2.14 bits per heavy atom. The van der Waals surface area contributed by atoms with E-state index >= 15 is 0 Å². The molecule has 0 aliphatic rings. The van der Waals surface area contributed by atoms with Crippen molar-refractivity contribution in [1.82, 2.24) is 15.5 Å². The van der Waals surface area contributed by atoms with Crippen molar-refractivity contribution in [3.05, 3.63) is 23.9 Å². The van der Waals surface area contributed by atoms with Gasteiger partial charge in [0.15, 0.2) is 5.69 Å².